The number of carboxylic acids is 1. The van der Waals surface area contributed by atoms with E-state index in [1.54, 1.807) is 37.3 Å². The Labute approximate surface area is 786 Å². The Hall–Kier alpha value is 2.29. The second-order valence-corrected chi connectivity index (χ2v) is 12.1. The van der Waals surface area contributed by atoms with Gasteiger partial charge < -0.3 is 53.1 Å². The molecule has 0 saturated carbocycles. The Morgan fingerprint density at radius 1 is 0.330 bits per heavy atom. The molecule has 0 saturated heterocycles. The molecule has 0 bridgehead atoms. The smallest absolute Gasteiger partial charge is 0.336 e. The van der Waals surface area contributed by atoms with Crippen LogP contribution in [0.1, 0.15) is 186 Å². The zero-order valence-electron chi connectivity index (χ0n) is 60.4. The molecular weight excluding hydrogens is 1570 g/mol. The van der Waals surface area contributed by atoms with Crippen LogP contribution in [0.25, 0.3) is 21.5 Å². The van der Waals surface area contributed by atoms with Crippen LogP contribution < -0.4 is 48.0 Å². The maximum absolute atomic E-state index is 11.9. The Kier molecular flexibility index (Phi) is 253. The van der Waals surface area contributed by atoms with Crippen LogP contribution in [0.2, 0.25) is 0 Å². The van der Waals surface area contributed by atoms with Gasteiger partial charge in [0.15, 0.2) is 5.78 Å². The van der Waals surface area contributed by atoms with E-state index in [1.165, 1.54) is 18.6 Å². The number of benzene rings is 8. The average Bonchev–Trinajstić information content (AvgIpc) is 3.51. The Morgan fingerprint density at radius 2 is 0.505 bits per heavy atom. The Balaban J connectivity index is -0.0000000268. The van der Waals surface area contributed by atoms with Crippen molar-refractivity contribution in [2.45, 2.75) is 166 Å². The summed E-state index contributed by atoms with van der Waals surface area (Å²) in [4.78, 5) is 22.1. The second kappa shape index (κ2) is 143. The van der Waals surface area contributed by atoms with Gasteiger partial charge in [0.05, 0.1) is 5.56 Å². The normalized spacial score (nSPS) is 6.42. The molecule has 91 heavy (non-hydrogen) atoms. The number of aromatic carboxylic acids is 1. The number of para-hydroxylation sites is 3. The number of carbonyl (C=O) groups is 2. The minimum atomic E-state index is -0.878. The number of hydrogen-bond donors (Lipinski definition) is 9. The largest absolute Gasteiger partial charge is 0.478 e. The SMILES string of the molecule is CC.CC.CC.CC.CC.CC.CC.CC.CC.CC.CC(=O)c1cccc2ccccc12.CCC.Cl.Fc1ccccc1.N.N.N.N.N.Nc1ccccc1.Nc1ccccc1.Nc1ccccc1.O=C(O)c1cccc2ccccc12.[Ar].[Ar].[Ar].[Ar].[Y].[Y].[Y].[Y]. The first-order valence-electron chi connectivity index (χ1n) is 28.4. The molecule has 8 rings (SSSR count). The van der Waals surface area contributed by atoms with E-state index in [4.69, 9.17) is 22.3 Å². The van der Waals surface area contributed by atoms with Gasteiger partial charge in [-0.25, -0.2) is 9.18 Å². The van der Waals surface area contributed by atoms with Gasteiger partial charge in [0.25, 0.3) is 0 Å². The minimum Gasteiger partial charge on any atom is -0.478 e. The molecule has 8 aromatic rings. The summed E-state index contributed by atoms with van der Waals surface area (Å²) in [7, 11) is 0. The standard InChI is InChI=1S/C12H10O.C11H8O2.C6H5F.3C6H7N.C3H8.10C2H6.4Ar.ClH.5H3N.4Y/c1-9(13)11-8-4-6-10-5-2-3-7-12(10)11;12-11(13)10-7-3-5-8-4-1-2-6-9(8)10;4*7-6-4-2-1-3-5-6;1-3-2;10*1-2;;;;;;;;;;;;;;/h2-8H,1H3;1-7H,(H,12,13);1-5H;3*1-5H,7H2;3H2,1-2H3;10*1-2H3;;;;;1H;5*1H3;;;;. The number of hydrogen-bond acceptors (Lipinski definition) is 10. The number of anilines is 3. The number of halogens is 2. The van der Waals surface area contributed by atoms with E-state index in [1.807, 2.05) is 302 Å². The van der Waals surface area contributed by atoms with Gasteiger partial charge in [0.2, 0.25) is 0 Å². The first kappa shape index (κ1) is 161. The summed E-state index contributed by atoms with van der Waals surface area (Å²) in [5.74, 6) is -0.934. The van der Waals surface area contributed by atoms with Crippen molar-refractivity contribution < 1.29 is 301 Å². The van der Waals surface area contributed by atoms with Crippen LogP contribution in [-0.4, -0.2) is 16.9 Å². The Morgan fingerprint density at radius 3 is 0.681 bits per heavy atom. The van der Waals surface area contributed by atoms with Gasteiger partial charge in [-0.2, -0.15) is 0 Å². The summed E-state index contributed by atoms with van der Waals surface area (Å²) in [5.41, 5.74) is 19.7. The molecule has 0 spiro atoms. The monoisotopic (exact) mass is 1700 g/mol. The molecule has 0 aliphatic heterocycles. The summed E-state index contributed by atoms with van der Waals surface area (Å²) in [6.07, 6.45) is 1.25. The summed E-state index contributed by atoms with van der Waals surface area (Å²) in [6.45, 7) is 45.8. The molecule has 0 aliphatic carbocycles. The first-order valence-corrected chi connectivity index (χ1v) is 28.4. The van der Waals surface area contributed by atoms with Crippen molar-refractivity contribution in [1.82, 2.24) is 30.8 Å². The maximum atomic E-state index is 11.9. The predicted octanol–water partition coefficient (Wildman–Crippen LogP) is 24.1. The summed E-state index contributed by atoms with van der Waals surface area (Å²) in [6, 6.07) is 62.9. The molecule has 0 fully saturated rings. The fraction of sp³-hybridized carbons (Fsp3) is 0.343. The van der Waals surface area contributed by atoms with Crippen LogP contribution in [0.15, 0.2) is 206 Å². The maximum Gasteiger partial charge on any atom is 0.336 e. The number of carboxylic acid groups (broad SMARTS) is 1. The molecule has 22 N–H and O–H groups in total. The third kappa shape index (κ3) is 106. The fourth-order valence-electron chi connectivity index (χ4n) is 4.72. The molecule has 21 heteroatoms. The number of ketones is 1. The van der Waals surface area contributed by atoms with Crippen LogP contribution in [0.5, 0.6) is 0 Å². The van der Waals surface area contributed by atoms with Crippen LogP contribution in [0, 0.1) is 157 Å². The van der Waals surface area contributed by atoms with Crippen molar-refractivity contribution in [3.05, 3.63) is 223 Å². The molecular formula is C70H128Ar4ClFN8O3Y4. The van der Waals surface area contributed by atoms with Crippen LogP contribution in [0.3, 0.4) is 0 Å². The van der Waals surface area contributed by atoms with Gasteiger partial charge >= 0.3 is 5.97 Å². The molecule has 0 amide bonds. The molecule has 0 heterocycles. The van der Waals surface area contributed by atoms with Crippen LogP contribution >= 0.6 is 12.4 Å². The van der Waals surface area contributed by atoms with E-state index in [0.29, 0.717) is 5.56 Å². The fourth-order valence-corrected chi connectivity index (χ4v) is 4.72. The number of fused-ring (bicyclic) bond motifs is 2. The van der Waals surface area contributed by atoms with Crippen molar-refractivity contribution in [2.75, 3.05) is 17.2 Å². The molecule has 0 aliphatic rings. The second-order valence-electron chi connectivity index (χ2n) is 12.1. The van der Waals surface area contributed by atoms with Crippen molar-refractivity contribution in [2.24, 2.45) is 0 Å². The van der Waals surface area contributed by atoms with Gasteiger partial charge in [-0.1, -0.05) is 310 Å². The molecule has 0 aromatic heterocycles. The molecule has 4 radical (unpaired) electrons. The van der Waals surface area contributed by atoms with Crippen LogP contribution in [0.4, 0.5) is 21.5 Å². The first-order chi connectivity index (χ1) is 37.6. The molecule has 0 unspecified atom stereocenters. The molecule has 0 atom stereocenters. The van der Waals surface area contributed by atoms with E-state index >= 15 is 0 Å². The Bertz CT molecular complexity index is 2120. The number of nitrogens with two attached hydrogens (primary N) is 3. The number of nitrogen functional groups attached to an aromatic ring is 3. The van der Waals surface area contributed by atoms with Crippen molar-refractivity contribution in [1.29, 1.82) is 0 Å². The minimum absolute atomic E-state index is 0. The topological polar surface area (TPSA) is 307 Å². The zero-order chi connectivity index (χ0) is 61.7. The molecule has 524 valence electrons. The zero-order valence-corrected chi connectivity index (χ0v) is 75.4. The third-order valence-corrected chi connectivity index (χ3v) is 7.32. The van der Waals surface area contributed by atoms with E-state index in [-0.39, 0.29) is 337 Å². The van der Waals surface area contributed by atoms with Crippen molar-refractivity contribution in [3.8, 4) is 0 Å². The summed E-state index contributed by atoms with van der Waals surface area (Å²) >= 11 is 0. The van der Waals surface area contributed by atoms with E-state index < -0.39 is 5.97 Å². The average molecular weight is 1700 g/mol. The van der Waals surface area contributed by atoms with E-state index in [9.17, 15) is 14.0 Å². The third-order valence-electron chi connectivity index (χ3n) is 7.32. The molecule has 11 nitrogen and oxygen atoms in total. The number of carbonyl (C=O) groups excluding carboxylic acids is 1. The number of rotatable bonds is 2. The number of Topliss-reactive ketones (excluding diaryl/α,β-unsaturated/α-hetero) is 1. The van der Waals surface area contributed by atoms with Gasteiger partial charge in [0.1, 0.15) is 5.82 Å². The van der Waals surface area contributed by atoms with Crippen molar-refractivity contribution >= 4 is 62.8 Å². The summed E-state index contributed by atoms with van der Waals surface area (Å²) in [5, 5.41) is 12.8. The van der Waals surface area contributed by atoms with Gasteiger partial charge in [-0.15, -0.1) is 12.4 Å². The summed E-state index contributed by atoms with van der Waals surface area (Å²) < 4.78 is 11.9. The van der Waals surface area contributed by atoms with Crippen molar-refractivity contribution in [3.63, 3.8) is 0 Å². The van der Waals surface area contributed by atoms with E-state index in [0.717, 1.165) is 44.2 Å². The predicted molar refractivity (Wildman–Crippen MR) is 386 cm³/mol. The van der Waals surface area contributed by atoms with Gasteiger partial charge in [-0.05, 0) is 83.1 Å². The quantitative estimate of drug-likeness (QED) is 0.0579. The van der Waals surface area contributed by atoms with Crippen LogP contribution in [-0.2, 0) is 131 Å². The molecule has 8 aromatic carbocycles. The van der Waals surface area contributed by atoms with E-state index in [2.05, 4.69) is 13.8 Å². The van der Waals surface area contributed by atoms with Gasteiger partial charge in [-0.3, -0.25) is 4.79 Å². The van der Waals surface area contributed by atoms with Gasteiger partial charge in [0, 0.05) is 304 Å².